The number of hydrogen-bond acceptors (Lipinski definition) is 3. The normalized spacial score (nSPS) is 10.3. The van der Waals surface area contributed by atoms with Crippen LogP contribution in [0.4, 0.5) is 0 Å². The highest BCUT2D eigenvalue weighted by Gasteiger charge is 1.97. The van der Waals surface area contributed by atoms with Crippen molar-refractivity contribution in [1.29, 1.82) is 0 Å². The Morgan fingerprint density at radius 3 is 3.00 bits per heavy atom. The van der Waals surface area contributed by atoms with Gasteiger partial charge in [-0.3, -0.25) is 5.10 Å². The summed E-state index contributed by atoms with van der Waals surface area (Å²) < 4.78 is 0. The second-order valence-corrected chi connectivity index (χ2v) is 3.49. The number of nitrogens with zero attached hydrogens (tertiary/aromatic N) is 2. The van der Waals surface area contributed by atoms with Gasteiger partial charge in [-0.1, -0.05) is 0 Å². The Morgan fingerprint density at radius 1 is 1.33 bits per heavy atom. The van der Waals surface area contributed by atoms with Crippen LogP contribution in [-0.2, 0) is 12.8 Å². The second kappa shape index (κ2) is 3.49. The van der Waals surface area contributed by atoms with Crippen LogP contribution in [0.3, 0.4) is 0 Å². The van der Waals surface area contributed by atoms with Gasteiger partial charge in [-0.2, -0.15) is 5.10 Å². The molecule has 2 aromatic rings. The monoisotopic (exact) mass is 179 g/mol. The second-order valence-electron chi connectivity index (χ2n) is 2.51. The first kappa shape index (κ1) is 7.49. The molecule has 0 amide bonds. The summed E-state index contributed by atoms with van der Waals surface area (Å²) >= 11 is 1.70. The standard InChI is InChI=1S/C8H9N3S/c1(7-3-4-10-11-7)2-8-9-5-6-12-8/h3-6H,1-2H2,(H,10,11). The lowest BCUT2D eigenvalue weighted by atomic mass is 10.2. The van der Waals surface area contributed by atoms with Gasteiger partial charge in [-0.05, 0) is 12.5 Å². The molecule has 62 valence electrons. The van der Waals surface area contributed by atoms with Gasteiger partial charge in [-0.25, -0.2) is 4.98 Å². The summed E-state index contributed by atoms with van der Waals surface area (Å²) in [7, 11) is 0. The van der Waals surface area contributed by atoms with Crippen LogP contribution in [0.15, 0.2) is 23.8 Å². The van der Waals surface area contributed by atoms with Crippen LogP contribution >= 0.6 is 11.3 Å². The maximum Gasteiger partial charge on any atom is 0.0928 e. The minimum Gasteiger partial charge on any atom is -0.283 e. The number of nitrogens with one attached hydrogen (secondary N) is 1. The van der Waals surface area contributed by atoms with Crippen molar-refractivity contribution in [3.63, 3.8) is 0 Å². The van der Waals surface area contributed by atoms with Crippen molar-refractivity contribution in [2.24, 2.45) is 0 Å². The van der Waals surface area contributed by atoms with E-state index in [9.17, 15) is 0 Å². The minimum absolute atomic E-state index is 0.994. The molecule has 0 aliphatic rings. The van der Waals surface area contributed by atoms with Gasteiger partial charge in [0.25, 0.3) is 0 Å². The van der Waals surface area contributed by atoms with Crippen LogP contribution < -0.4 is 0 Å². The molecule has 0 unspecified atom stereocenters. The lowest BCUT2D eigenvalue weighted by Crippen LogP contribution is -1.90. The fraction of sp³-hybridized carbons (Fsp3) is 0.250. The van der Waals surface area contributed by atoms with E-state index in [-0.39, 0.29) is 0 Å². The zero-order chi connectivity index (χ0) is 8.23. The first-order chi connectivity index (χ1) is 5.95. The van der Waals surface area contributed by atoms with Gasteiger partial charge in [0, 0.05) is 29.9 Å². The molecular weight excluding hydrogens is 170 g/mol. The largest absolute Gasteiger partial charge is 0.283 e. The van der Waals surface area contributed by atoms with Crippen molar-refractivity contribution in [2.45, 2.75) is 12.8 Å². The van der Waals surface area contributed by atoms with Crippen molar-refractivity contribution in [2.75, 3.05) is 0 Å². The van der Waals surface area contributed by atoms with E-state index in [0.717, 1.165) is 12.8 Å². The average molecular weight is 179 g/mol. The predicted molar refractivity (Wildman–Crippen MR) is 48.1 cm³/mol. The van der Waals surface area contributed by atoms with E-state index in [4.69, 9.17) is 0 Å². The molecule has 0 fully saturated rings. The number of thiazole rings is 1. The topological polar surface area (TPSA) is 41.6 Å². The summed E-state index contributed by atoms with van der Waals surface area (Å²) in [4.78, 5) is 4.20. The smallest absolute Gasteiger partial charge is 0.0928 e. The van der Waals surface area contributed by atoms with Gasteiger partial charge < -0.3 is 0 Å². The molecule has 0 spiro atoms. The van der Waals surface area contributed by atoms with Gasteiger partial charge in [0.05, 0.1) is 5.01 Å². The van der Waals surface area contributed by atoms with Crippen LogP contribution in [0, 0.1) is 0 Å². The third kappa shape index (κ3) is 1.71. The van der Waals surface area contributed by atoms with Gasteiger partial charge >= 0.3 is 0 Å². The Kier molecular flexibility index (Phi) is 2.18. The molecule has 1 N–H and O–H groups in total. The summed E-state index contributed by atoms with van der Waals surface area (Å²) in [5, 5.41) is 9.99. The van der Waals surface area contributed by atoms with Crippen LogP contribution in [0.25, 0.3) is 0 Å². The van der Waals surface area contributed by atoms with Crippen LogP contribution in [0.2, 0.25) is 0 Å². The molecule has 0 aromatic carbocycles. The lowest BCUT2D eigenvalue weighted by molar-refractivity contribution is 0.884. The van der Waals surface area contributed by atoms with Gasteiger partial charge in [0.1, 0.15) is 0 Å². The Bertz CT molecular complexity index is 278. The molecular formula is C8H9N3S. The molecule has 0 saturated carbocycles. The van der Waals surface area contributed by atoms with E-state index in [2.05, 4.69) is 15.2 Å². The highest BCUT2D eigenvalue weighted by Crippen LogP contribution is 2.07. The highest BCUT2D eigenvalue weighted by molar-refractivity contribution is 7.09. The SMILES string of the molecule is c1cc(CCc2nccs2)[nH]n1. The van der Waals surface area contributed by atoms with Crippen LogP contribution in [0.1, 0.15) is 10.7 Å². The van der Waals surface area contributed by atoms with Gasteiger partial charge in [0.15, 0.2) is 0 Å². The average Bonchev–Trinajstić information content (AvgIpc) is 2.74. The summed E-state index contributed by atoms with van der Waals surface area (Å²) in [6, 6.07) is 1.99. The molecule has 0 saturated heterocycles. The third-order valence-corrected chi connectivity index (χ3v) is 2.49. The van der Waals surface area contributed by atoms with Crippen molar-refractivity contribution in [3.8, 4) is 0 Å². The van der Waals surface area contributed by atoms with E-state index in [1.165, 1.54) is 10.7 Å². The van der Waals surface area contributed by atoms with E-state index >= 15 is 0 Å². The van der Waals surface area contributed by atoms with Crippen LogP contribution in [0.5, 0.6) is 0 Å². The summed E-state index contributed by atoms with van der Waals surface area (Å²) in [5.41, 5.74) is 1.17. The molecule has 0 aliphatic heterocycles. The molecule has 0 atom stereocenters. The van der Waals surface area contributed by atoms with Crippen LogP contribution in [-0.4, -0.2) is 15.2 Å². The molecule has 12 heavy (non-hydrogen) atoms. The first-order valence-electron chi connectivity index (χ1n) is 3.82. The molecule has 4 heteroatoms. The quantitative estimate of drug-likeness (QED) is 0.778. The minimum atomic E-state index is 0.994. The summed E-state index contributed by atoms with van der Waals surface area (Å²) in [5.74, 6) is 0. The first-order valence-corrected chi connectivity index (χ1v) is 4.70. The Labute approximate surface area is 74.5 Å². The fourth-order valence-corrected chi connectivity index (χ4v) is 1.66. The summed E-state index contributed by atoms with van der Waals surface area (Å²) in [6.45, 7) is 0. The number of hydrogen-bond donors (Lipinski definition) is 1. The Balaban J connectivity index is 1.91. The highest BCUT2D eigenvalue weighted by atomic mass is 32.1. The molecule has 0 radical (unpaired) electrons. The molecule has 2 heterocycles. The van der Waals surface area contributed by atoms with E-state index in [0.29, 0.717) is 0 Å². The zero-order valence-corrected chi connectivity index (χ0v) is 7.34. The van der Waals surface area contributed by atoms with Gasteiger partial charge in [-0.15, -0.1) is 11.3 Å². The molecule has 0 bridgehead atoms. The van der Waals surface area contributed by atoms with Crippen molar-refractivity contribution < 1.29 is 0 Å². The Morgan fingerprint density at radius 2 is 2.33 bits per heavy atom. The van der Waals surface area contributed by atoms with E-state index in [1.54, 1.807) is 17.5 Å². The van der Waals surface area contributed by atoms with Crippen molar-refractivity contribution in [3.05, 3.63) is 34.5 Å². The summed E-state index contributed by atoms with van der Waals surface area (Å²) in [6.07, 6.45) is 5.61. The molecule has 0 aliphatic carbocycles. The Hall–Kier alpha value is -1.16. The maximum atomic E-state index is 4.20. The maximum absolute atomic E-state index is 4.20. The van der Waals surface area contributed by atoms with E-state index < -0.39 is 0 Å². The predicted octanol–water partition coefficient (Wildman–Crippen LogP) is 1.65. The third-order valence-electron chi connectivity index (χ3n) is 1.65. The number of aromatic amines is 1. The zero-order valence-electron chi connectivity index (χ0n) is 6.53. The number of rotatable bonds is 3. The fourth-order valence-electron chi connectivity index (χ4n) is 1.04. The van der Waals surface area contributed by atoms with Crippen molar-refractivity contribution in [1.82, 2.24) is 15.2 Å². The lowest BCUT2D eigenvalue weighted by Gasteiger charge is -1.92. The van der Waals surface area contributed by atoms with E-state index in [1.807, 2.05) is 17.6 Å². The number of aromatic nitrogens is 3. The number of H-pyrrole nitrogens is 1. The molecule has 2 rings (SSSR count). The number of aryl methyl sites for hydroxylation is 2. The van der Waals surface area contributed by atoms with Crippen molar-refractivity contribution >= 4 is 11.3 Å². The molecule has 2 aromatic heterocycles. The molecule has 3 nitrogen and oxygen atoms in total. The van der Waals surface area contributed by atoms with Gasteiger partial charge in [0.2, 0.25) is 0 Å².